The predicted octanol–water partition coefficient (Wildman–Crippen LogP) is 3.59. The van der Waals surface area contributed by atoms with Crippen molar-refractivity contribution in [1.29, 1.82) is 0 Å². The second-order valence-corrected chi connectivity index (χ2v) is 5.70. The van der Waals surface area contributed by atoms with Gasteiger partial charge in [0.2, 0.25) is 0 Å². The van der Waals surface area contributed by atoms with Crippen LogP contribution in [0.15, 0.2) is 0 Å². The molecule has 0 bridgehead atoms. The van der Waals surface area contributed by atoms with E-state index in [-0.39, 0.29) is 0 Å². The summed E-state index contributed by atoms with van der Waals surface area (Å²) in [6.45, 7) is 6.02. The van der Waals surface area contributed by atoms with Gasteiger partial charge in [-0.2, -0.15) is 0 Å². The summed E-state index contributed by atoms with van der Waals surface area (Å²) in [4.78, 5) is 0. The molecule has 0 spiro atoms. The highest BCUT2D eigenvalue weighted by Crippen LogP contribution is 2.40. The van der Waals surface area contributed by atoms with Gasteiger partial charge < -0.3 is 5.32 Å². The van der Waals surface area contributed by atoms with E-state index in [9.17, 15) is 0 Å². The van der Waals surface area contributed by atoms with Crippen LogP contribution in [0.4, 0.5) is 0 Å². The van der Waals surface area contributed by atoms with Crippen LogP contribution in [0.3, 0.4) is 0 Å². The summed E-state index contributed by atoms with van der Waals surface area (Å²) in [7, 11) is 0. The van der Waals surface area contributed by atoms with Gasteiger partial charge in [-0.15, -0.1) is 0 Å². The van der Waals surface area contributed by atoms with Gasteiger partial charge in [-0.1, -0.05) is 26.7 Å². The molecule has 2 rings (SSSR count). The van der Waals surface area contributed by atoms with Crippen molar-refractivity contribution in [3.63, 3.8) is 0 Å². The van der Waals surface area contributed by atoms with Gasteiger partial charge in [-0.25, -0.2) is 0 Å². The monoisotopic (exact) mass is 209 g/mol. The molecule has 88 valence electrons. The maximum absolute atomic E-state index is 3.70. The zero-order chi connectivity index (χ0) is 10.7. The Bertz CT molecular complexity index is 182. The van der Waals surface area contributed by atoms with Crippen LogP contribution < -0.4 is 5.32 Å². The van der Waals surface area contributed by atoms with Gasteiger partial charge >= 0.3 is 0 Å². The number of rotatable bonds is 7. The van der Waals surface area contributed by atoms with E-state index >= 15 is 0 Å². The minimum absolute atomic E-state index is 0.902. The molecule has 1 heteroatoms. The van der Waals surface area contributed by atoms with Crippen molar-refractivity contribution >= 4 is 0 Å². The quantitative estimate of drug-likeness (QED) is 0.675. The molecular formula is C14H27N. The van der Waals surface area contributed by atoms with E-state index in [4.69, 9.17) is 0 Å². The Labute approximate surface area is 95.0 Å². The Balaban J connectivity index is 1.63. The summed E-state index contributed by atoms with van der Waals surface area (Å²) in [5.41, 5.74) is 0. The fourth-order valence-corrected chi connectivity index (χ4v) is 2.87. The van der Waals surface area contributed by atoms with Crippen molar-refractivity contribution in [2.45, 2.75) is 64.8 Å². The van der Waals surface area contributed by atoms with Crippen molar-refractivity contribution in [1.82, 2.24) is 5.32 Å². The van der Waals surface area contributed by atoms with Gasteiger partial charge in [0.25, 0.3) is 0 Å². The molecule has 0 amide bonds. The summed E-state index contributed by atoms with van der Waals surface area (Å²) in [6.07, 6.45) is 10.1. The third kappa shape index (κ3) is 3.21. The van der Waals surface area contributed by atoms with E-state index in [1.807, 2.05) is 0 Å². The first kappa shape index (κ1) is 11.4. The van der Waals surface area contributed by atoms with Crippen LogP contribution in [0.1, 0.15) is 58.8 Å². The van der Waals surface area contributed by atoms with Crippen molar-refractivity contribution in [2.24, 2.45) is 17.8 Å². The van der Waals surface area contributed by atoms with Gasteiger partial charge in [0.05, 0.1) is 0 Å². The average molecular weight is 209 g/mol. The summed E-state index contributed by atoms with van der Waals surface area (Å²) in [6, 6.07) is 0.902. The molecular weight excluding hydrogens is 182 g/mol. The van der Waals surface area contributed by atoms with Gasteiger partial charge in [-0.3, -0.25) is 0 Å². The van der Waals surface area contributed by atoms with Crippen LogP contribution in [0.25, 0.3) is 0 Å². The minimum Gasteiger partial charge on any atom is -0.314 e. The summed E-state index contributed by atoms with van der Waals surface area (Å²) in [5.74, 6) is 3.08. The van der Waals surface area contributed by atoms with Crippen LogP contribution in [0.5, 0.6) is 0 Å². The van der Waals surface area contributed by atoms with Crippen LogP contribution in [0, 0.1) is 17.8 Å². The first-order valence-electron chi connectivity index (χ1n) is 7.06. The summed E-state index contributed by atoms with van der Waals surface area (Å²) in [5, 5.41) is 3.70. The molecule has 1 N–H and O–H groups in total. The molecule has 0 heterocycles. The maximum Gasteiger partial charge on any atom is 0.00683 e. The maximum atomic E-state index is 3.70. The predicted molar refractivity (Wildman–Crippen MR) is 65.9 cm³/mol. The van der Waals surface area contributed by atoms with E-state index in [1.165, 1.54) is 51.5 Å². The fourth-order valence-electron chi connectivity index (χ4n) is 2.87. The molecule has 0 aromatic heterocycles. The lowest BCUT2D eigenvalue weighted by Gasteiger charge is -2.39. The highest BCUT2D eigenvalue weighted by molar-refractivity contribution is 4.87. The van der Waals surface area contributed by atoms with Gasteiger partial charge in [0.15, 0.2) is 0 Å². The Morgan fingerprint density at radius 1 is 1.00 bits per heavy atom. The molecule has 0 radical (unpaired) electrons. The molecule has 2 aliphatic carbocycles. The Morgan fingerprint density at radius 2 is 1.67 bits per heavy atom. The normalized spacial score (nSPS) is 30.6. The number of nitrogens with one attached hydrogen (secondary N) is 1. The second-order valence-electron chi connectivity index (χ2n) is 5.70. The first-order chi connectivity index (χ1) is 7.33. The molecule has 2 aliphatic rings. The molecule has 15 heavy (non-hydrogen) atoms. The Kier molecular flexibility index (Phi) is 4.07. The van der Waals surface area contributed by atoms with Crippen LogP contribution in [0.2, 0.25) is 0 Å². The molecule has 0 aromatic carbocycles. The number of hydrogen-bond acceptors (Lipinski definition) is 1. The Hall–Kier alpha value is -0.0400. The zero-order valence-corrected chi connectivity index (χ0v) is 10.5. The van der Waals surface area contributed by atoms with Gasteiger partial charge in [0.1, 0.15) is 0 Å². The van der Waals surface area contributed by atoms with Crippen LogP contribution >= 0.6 is 0 Å². The molecule has 1 nitrogen and oxygen atoms in total. The lowest BCUT2D eigenvalue weighted by atomic mass is 9.69. The van der Waals surface area contributed by atoms with Crippen molar-refractivity contribution in [2.75, 3.05) is 6.54 Å². The van der Waals surface area contributed by atoms with E-state index in [0.717, 1.165) is 23.8 Å². The van der Waals surface area contributed by atoms with Crippen LogP contribution in [-0.2, 0) is 0 Å². The second kappa shape index (κ2) is 5.34. The van der Waals surface area contributed by atoms with E-state index in [2.05, 4.69) is 19.2 Å². The molecule has 2 saturated carbocycles. The molecule has 2 unspecified atom stereocenters. The average Bonchev–Trinajstić information content (AvgIpc) is 3.02. The molecule has 0 saturated heterocycles. The summed E-state index contributed by atoms with van der Waals surface area (Å²) < 4.78 is 0. The van der Waals surface area contributed by atoms with E-state index < -0.39 is 0 Å². The van der Waals surface area contributed by atoms with Gasteiger partial charge in [-0.05, 0) is 56.4 Å². The number of hydrogen-bond donors (Lipinski definition) is 1. The lowest BCUT2D eigenvalue weighted by molar-refractivity contribution is 0.134. The summed E-state index contributed by atoms with van der Waals surface area (Å²) >= 11 is 0. The van der Waals surface area contributed by atoms with Gasteiger partial charge in [0, 0.05) is 6.04 Å². The first-order valence-corrected chi connectivity index (χ1v) is 7.06. The third-order valence-electron chi connectivity index (χ3n) is 4.61. The van der Waals surface area contributed by atoms with Crippen molar-refractivity contribution < 1.29 is 0 Å². The lowest BCUT2D eigenvalue weighted by Crippen LogP contribution is -2.37. The SMILES string of the molecule is CCC(CC)CC1CCC1CNC1CC1. The molecule has 0 aromatic rings. The fraction of sp³-hybridized carbons (Fsp3) is 1.00. The van der Waals surface area contributed by atoms with Crippen molar-refractivity contribution in [3.8, 4) is 0 Å². The Morgan fingerprint density at radius 3 is 2.13 bits per heavy atom. The highest BCUT2D eigenvalue weighted by Gasteiger charge is 2.33. The largest absolute Gasteiger partial charge is 0.314 e. The third-order valence-corrected chi connectivity index (χ3v) is 4.61. The molecule has 2 fully saturated rings. The smallest absolute Gasteiger partial charge is 0.00683 e. The zero-order valence-electron chi connectivity index (χ0n) is 10.5. The van der Waals surface area contributed by atoms with E-state index in [0.29, 0.717) is 0 Å². The highest BCUT2D eigenvalue weighted by atomic mass is 14.9. The van der Waals surface area contributed by atoms with E-state index in [1.54, 1.807) is 0 Å². The molecule has 2 atom stereocenters. The standard InChI is InChI=1S/C14H27N/c1-3-11(4-2)9-12-5-6-13(12)10-15-14-7-8-14/h11-15H,3-10H2,1-2H3. The van der Waals surface area contributed by atoms with Crippen LogP contribution in [-0.4, -0.2) is 12.6 Å². The topological polar surface area (TPSA) is 12.0 Å². The minimum atomic E-state index is 0.902. The molecule has 0 aliphatic heterocycles. The van der Waals surface area contributed by atoms with Crippen molar-refractivity contribution in [3.05, 3.63) is 0 Å².